The number of benzene rings is 1. The molecule has 1 aliphatic rings. The first-order valence-electron chi connectivity index (χ1n) is 11.5. The normalized spacial score (nSPS) is 22.7. The maximum absolute atomic E-state index is 13.7. The molecule has 1 aromatic rings. The zero-order valence-corrected chi connectivity index (χ0v) is 23.6. The number of halogens is 6. The third kappa shape index (κ3) is 9.01. The fourth-order valence-electron chi connectivity index (χ4n) is 3.73. The molecule has 1 heterocycles. The Hall–Kier alpha value is -1.67. The van der Waals surface area contributed by atoms with Gasteiger partial charge in [-0.05, 0) is 12.8 Å². The number of allylic oxidation sites excluding steroid dienone is 2. The van der Waals surface area contributed by atoms with Gasteiger partial charge in [0.2, 0.25) is 0 Å². The Morgan fingerprint density at radius 1 is 1.31 bits per heavy atom. The summed E-state index contributed by atoms with van der Waals surface area (Å²) in [6.07, 6.45) is -5.66. The number of hydrogen-bond donors (Lipinski definition) is 2. The van der Waals surface area contributed by atoms with Gasteiger partial charge in [0.15, 0.2) is 0 Å². The molecular weight excluding hydrogens is 596 g/mol. The molecule has 0 radical (unpaired) electrons. The van der Waals surface area contributed by atoms with Gasteiger partial charge in [-0.15, -0.1) is 0 Å². The van der Waals surface area contributed by atoms with Crippen LogP contribution in [0.4, 0.5) is 26.3 Å². The number of nitrogens with one attached hydrogen (secondary N) is 1. The van der Waals surface area contributed by atoms with Crippen LogP contribution in [0.15, 0.2) is 48.2 Å². The summed E-state index contributed by atoms with van der Waals surface area (Å²) in [7, 11) is 0. The molecule has 4 nitrogen and oxygen atoms in total. The van der Waals surface area contributed by atoms with E-state index in [9.17, 15) is 29.4 Å². The van der Waals surface area contributed by atoms with Crippen molar-refractivity contribution in [1.29, 1.82) is 5.41 Å². The van der Waals surface area contributed by atoms with Crippen molar-refractivity contribution in [2.45, 2.75) is 79.6 Å². The van der Waals surface area contributed by atoms with E-state index in [1.165, 1.54) is 36.8 Å². The molecule has 204 valence electrons. The molecule has 1 aromatic carbocycles. The molecule has 2 rings (SSSR count). The number of nitrogens with two attached hydrogens (primary N) is 1. The molecule has 1 aliphatic heterocycles. The van der Waals surface area contributed by atoms with E-state index < -0.39 is 51.9 Å². The first-order valence-corrected chi connectivity index (χ1v) is 17.6. The summed E-state index contributed by atoms with van der Waals surface area (Å²) < 4.78 is 95.6. The van der Waals surface area contributed by atoms with Crippen molar-refractivity contribution in [1.82, 2.24) is 0 Å². The topological polar surface area (TPSA) is 76.2 Å². The molecule has 0 aromatic heterocycles. The third-order valence-corrected chi connectivity index (χ3v) is 17.0. The molecule has 1 saturated heterocycles. The van der Waals surface area contributed by atoms with Gasteiger partial charge in [-0.3, -0.25) is 0 Å². The molecule has 36 heavy (non-hydrogen) atoms. The predicted molar refractivity (Wildman–Crippen MR) is 131 cm³/mol. The number of hydrogen-bond acceptors (Lipinski definition) is 4. The van der Waals surface area contributed by atoms with E-state index in [1.54, 1.807) is 6.92 Å². The first-order chi connectivity index (χ1) is 16.3. The molecular formula is C25H35F6N2O2Sb. The predicted octanol–water partition coefficient (Wildman–Crippen LogP) is 7.03. The van der Waals surface area contributed by atoms with E-state index in [0.717, 1.165) is 24.3 Å². The minimum Gasteiger partial charge on any atom is -0.403 e. The molecule has 0 amide bonds. The summed E-state index contributed by atoms with van der Waals surface area (Å²) in [5, 5.41) is 7.11. The van der Waals surface area contributed by atoms with Crippen molar-refractivity contribution in [3.8, 4) is 0 Å². The van der Waals surface area contributed by atoms with Crippen LogP contribution in [0.5, 0.6) is 0 Å². The zero-order valence-electron chi connectivity index (χ0n) is 21.0. The van der Waals surface area contributed by atoms with Crippen molar-refractivity contribution >= 4 is 28.0 Å². The largest absolute Gasteiger partial charge is 0.403 e. The molecule has 0 saturated carbocycles. The van der Waals surface area contributed by atoms with E-state index in [4.69, 9.17) is 15.9 Å². The fourth-order valence-corrected chi connectivity index (χ4v) is 10.6. The summed E-state index contributed by atoms with van der Waals surface area (Å²) in [5.41, 5.74) is 3.86. The average Bonchev–Trinajstić information content (AvgIpc) is 2.76. The molecule has 3 atom stereocenters. The van der Waals surface area contributed by atoms with Crippen LogP contribution in [-0.4, -0.2) is 43.4 Å². The standard InChI is InChI=1S/C11H15F3NO.C7H4F3.C6H13N.CH3.O.Sb/c1-7-3-4-16-9(5-7)8(2)6-10(15)11(12,13)14;8-7(9,10)6-4-2-1-3-5-6;1-3-4-5-6(2)7;;;/h6,9,15H,3-5H2,1-2H3;1-2,4-5H;2-5,7H2,1H3;1H3;;/b8-6+,15-10?;;;;;. The maximum atomic E-state index is 13.7. The van der Waals surface area contributed by atoms with Gasteiger partial charge in [0, 0.05) is 5.70 Å². The van der Waals surface area contributed by atoms with Crippen LogP contribution < -0.4 is 9.24 Å². The minimum atomic E-state index is -4.79. The summed E-state index contributed by atoms with van der Waals surface area (Å²) in [6.45, 7) is 8.93. The Kier molecular flexibility index (Phi) is 11.4. The molecule has 0 spiro atoms. The van der Waals surface area contributed by atoms with E-state index in [-0.39, 0.29) is 22.1 Å². The zero-order chi connectivity index (χ0) is 27.9. The van der Waals surface area contributed by atoms with Crippen LogP contribution in [0.25, 0.3) is 0 Å². The van der Waals surface area contributed by atoms with Gasteiger partial charge in [0.1, 0.15) is 0 Å². The molecule has 3 unspecified atom stereocenters. The smallest absolute Gasteiger partial charge is 0.000743 e. The fraction of sp³-hybridized carbons (Fsp3) is 0.560. The number of rotatable bonds is 7. The van der Waals surface area contributed by atoms with Crippen LogP contribution in [0.2, 0.25) is 8.23 Å². The van der Waals surface area contributed by atoms with Crippen LogP contribution >= 0.6 is 0 Å². The third-order valence-electron chi connectivity index (χ3n) is 6.32. The van der Waals surface area contributed by atoms with Crippen LogP contribution in [-0.2, 0) is 13.9 Å². The van der Waals surface area contributed by atoms with E-state index in [1.807, 2.05) is 0 Å². The summed E-state index contributed by atoms with van der Waals surface area (Å²) in [5.74, 6) is 0. The van der Waals surface area contributed by atoms with Gasteiger partial charge in [0.25, 0.3) is 0 Å². The van der Waals surface area contributed by atoms with Gasteiger partial charge < -0.3 is 5.73 Å². The first kappa shape index (κ1) is 32.4. The van der Waals surface area contributed by atoms with Crippen LogP contribution in [0, 0.1) is 5.41 Å². The Balaban J connectivity index is 0.000000809. The molecule has 0 aliphatic carbocycles. The Morgan fingerprint density at radius 2 is 1.92 bits per heavy atom. The number of alkyl halides is 6. The van der Waals surface area contributed by atoms with E-state index >= 15 is 0 Å². The minimum absolute atomic E-state index is 0.113. The summed E-state index contributed by atoms with van der Waals surface area (Å²) >= 11 is -4.49. The monoisotopic (exact) mass is 630 g/mol. The van der Waals surface area contributed by atoms with Gasteiger partial charge in [-0.1, -0.05) is 19.9 Å². The molecule has 3 N–H and O–H groups in total. The van der Waals surface area contributed by atoms with E-state index in [0.29, 0.717) is 12.5 Å². The average molecular weight is 631 g/mol. The van der Waals surface area contributed by atoms with Crippen molar-refractivity contribution in [3.05, 3.63) is 53.8 Å². The van der Waals surface area contributed by atoms with Crippen molar-refractivity contribution in [2.75, 3.05) is 6.61 Å². The molecule has 0 bridgehead atoms. The summed E-state index contributed by atoms with van der Waals surface area (Å²) in [6, 6.07) is 4.47. The van der Waals surface area contributed by atoms with Gasteiger partial charge >= 0.3 is 169 Å². The second-order valence-electron chi connectivity index (χ2n) is 9.34. The summed E-state index contributed by atoms with van der Waals surface area (Å²) in [4.78, 5) is 1.49. The quantitative estimate of drug-likeness (QED) is 0.193. The van der Waals surface area contributed by atoms with Crippen LogP contribution in [0.1, 0.15) is 58.4 Å². The van der Waals surface area contributed by atoms with E-state index in [2.05, 4.69) is 13.5 Å². The van der Waals surface area contributed by atoms with Gasteiger partial charge in [-0.25, -0.2) is 0 Å². The van der Waals surface area contributed by atoms with Crippen LogP contribution in [0.3, 0.4) is 0 Å². The van der Waals surface area contributed by atoms with Crippen molar-refractivity contribution < 1.29 is 34.1 Å². The second-order valence-corrected chi connectivity index (χ2v) is 19.2. The molecule has 11 heteroatoms. The Labute approximate surface area is 212 Å². The number of ether oxygens (including phenoxy) is 1. The number of unbranched alkanes of at least 4 members (excludes halogenated alkanes) is 1. The van der Waals surface area contributed by atoms with Gasteiger partial charge in [-0.2, -0.15) is 0 Å². The Bertz CT molecular complexity index is 1000. The van der Waals surface area contributed by atoms with Crippen molar-refractivity contribution in [2.24, 2.45) is 5.73 Å². The van der Waals surface area contributed by atoms with Crippen molar-refractivity contribution in [3.63, 3.8) is 0 Å². The second kappa shape index (κ2) is 12.7. The molecule has 1 fully saturated rings. The SMILES string of the molecule is C/C(=C\C(=N)C(F)(F)F)C1C[C](C)([Sb]([CH3])(=[O])[c]2cccc(C(F)(F)F)c2)CCO1.C=C(N)CCCC. The Morgan fingerprint density at radius 3 is 2.39 bits per heavy atom. The maximum Gasteiger partial charge on any atom is 0.000743 e. The van der Waals surface area contributed by atoms with Gasteiger partial charge in [0.05, 0.1) is 0 Å².